The number of ether oxygens (including phenoxy) is 1. The fourth-order valence-electron chi connectivity index (χ4n) is 2.94. The van der Waals surface area contributed by atoms with Gasteiger partial charge in [-0.15, -0.1) is 23.7 Å². The van der Waals surface area contributed by atoms with Crippen molar-refractivity contribution in [2.24, 2.45) is 5.41 Å². The van der Waals surface area contributed by atoms with Crippen molar-refractivity contribution < 1.29 is 9.53 Å². The second kappa shape index (κ2) is 8.87. The van der Waals surface area contributed by atoms with Crippen LogP contribution in [-0.4, -0.2) is 38.8 Å². The Hall–Kier alpha value is -0.620. The largest absolute Gasteiger partial charge is 0.384 e. The molecule has 0 bridgehead atoms. The monoisotopic (exact) mass is 346 g/mol. The van der Waals surface area contributed by atoms with E-state index in [0.29, 0.717) is 6.61 Å². The van der Waals surface area contributed by atoms with E-state index in [1.54, 1.807) is 18.4 Å². The molecule has 1 unspecified atom stereocenters. The molecule has 1 aliphatic heterocycles. The van der Waals surface area contributed by atoms with Gasteiger partial charge in [0.05, 0.1) is 12.0 Å². The van der Waals surface area contributed by atoms with Gasteiger partial charge in [-0.2, -0.15) is 0 Å². The Balaban J connectivity index is 0.00000242. The van der Waals surface area contributed by atoms with E-state index < -0.39 is 0 Å². The smallest absolute Gasteiger partial charge is 0.228 e. The van der Waals surface area contributed by atoms with Crippen molar-refractivity contribution in [1.29, 1.82) is 0 Å². The van der Waals surface area contributed by atoms with E-state index in [1.165, 1.54) is 9.75 Å². The maximum absolute atomic E-state index is 12.7. The van der Waals surface area contributed by atoms with Crippen LogP contribution in [0.4, 0.5) is 0 Å². The van der Waals surface area contributed by atoms with Crippen LogP contribution in [0.1, 0.15) is 29.5 Å². The standard InChI is InChI=1S/C16H26N2O2S.ClH/c1-12(10-14-5-4-13(2)21-14)18-15(19)16(11-20-3)6-8-17-9-7-16;/h4-5,12,17H,6-11H2,1-3H3,(H,18,19);1H. The summed E-state index contributed by atoms with van der Waals surface area (Å²) in [4.78, 5) is 15.3. The minimum absolute atomic E-state index is 0. The van der Waals surface area contributed by atoms with Gasteiger partial charge >= 0.3 is 0 Å². The number of hydrogen-bond donors (Lipinski definition) is 2. The van der Waals surface area contributed by atoms with Crippen molar-refractivity contribution in [2.75, 3.05) is 26.8 Å². The van der Waals surface area contributed by atoms with Gasteiger partial charge in [0.15, 0.2) is 0 Å². The fourth-order valence-corrected chi connectivity index (χ4v) is 3.96. The first-order chi connectivity index (χ1) is 10.1. The van der Waals surface area contributed by atoms with Crippen molar-refractivity contribution >= 4 is 29.7 Å². The molecular weight excluding hydrogens is 320 g/mol. The zero-order chi connectivity index (χ0) is 15.3. The van der Waals surface area contributed by atoms with Crippen LogP contribution in [0, 0.1) is 12.3 Å². The number of aryl methyl sites for hydroxylation is 1. The topological polar surface area (TPSA) is 50.4 Å². The van der Waals surface area contributed by atoms with Crippen LogP contribution in [0.15, 0.2) is 12.1 Å². The molecule has 6 heteroatoms. The summed E-state index contributed by atoms with van der Waals surface area (Å²) in [5.74, 6) is 0.145. The number of rotatable bonds is 6. The number of carbonyl (C=O) groups is 1. The number of nitrogens with one attached hydrogen (secondary N) is 2. The number of piperidine rings is 1. The molecule has 0 spiro atoms. The van der Waals surface area contributed by atoms with Crippen molar-refractivity contribution in [3.8, 4) is 0 Å². The Labute approximate surface area is 143 Å². The van der Waals surface area contributed by atoms with E-state index in [1.807, 2.05) is 0 Å². The Morgan fingerprint density at radius 2 is 2.14 bits per heavy atom. The number of methoxy groups -OCH3 is 1. The molecule has 1 amide bonds. The van der Waals surface area contributed by atoms with Crippen molar-refractivity contribution in [1.82, 2.24) is 10.6 Å². The third-order valence-corrected chi connectivity index (χ3v) is 5.17. The first-order valence-electron chi connectivity index (χ1n) is 7.62. The van der Waals surface area contributed by atoms with Crippen LogP contribution >= 0.6 is 23.7 Å². The molecule has 1 aromatic heterocycles. The second-order valence-corrected chi connectivity index (χ2v) is 7.43. The Bertz CT molecular complexity index is 467. The number of carbonyl (C=O) groups excluding carboxylic acids is 1. The van der Waals surface area contributed by atoms with E-state index in [9.17, 15) is 4.79 Å². The maximum atomic E-state index is 12.7. The van der Waals surface area contributed by atoms with Crippen LogP contribution in [0.3, 0.4) is 0 Å². The molecule has 2 rings (SSSR count). The Morgan fingerprint density at radius 3 is 2.68 bits per heavy atom. The maximum Gasteiger partial charge on any atom is 0.228 e. The van der Waals surface area contributed by atoms with Gasteiger partial charge in [-0.1, -0.05) is 0 Å². The molecule has 0 aromatic carbocycles. The molecule has 126 valence electrons. The summed E-state index contributed by atoms with van der Waals surface area (Å²) in [5.41, 5.74) is -0.361. The summed E-state index contributed by atoms with van der Waals surface area (Å²) in [5, 5.41) is 6.51. The lowest BCUT2D eigenvalue weighted by atomic mass is 9.78. The molecule has 2 N–H and O–H groups in total. The highest BCUT2D eigenvalue weighted by molar-refractivity contribution is 7.11. The van der Waals surface area contributed by atoms with Gasteiger partial charge in [0, 0.05) is 29.3 Å². The van der Waals surface area contributed by atoms with Crippen LogP contribution in [0.2, 0.25) is 0 Å². The SMILES string of the molecule is COCC1(C(=O)NC(C)Cc2ccc(C)s2)CCNCC1.Cl. The minimum Gasteiger partial charge on any atom is -0.384 e. The van der Waals surface area contributed by atoms with E-state index in [0.717, 1.165) is 32.4 Å². The van der Waals surface area contributed by atoms with Crippen molar-refractivity contribution in [2.45, 2.75) is 39.2 Å². The zero-order valence-corrected chi connectivity index (χ0v) is 15.2. The van der Waals surface area contributed by atoms with E-state index >= 15 is 0 Å². The Kier molecular flexibility index (Phi) is 7.83. The molecule has 1 fully saturated rings. The van der Waals surface area contributed by atoms with E-state index in [2.05, 4.69) is 36.6 Å². The predicted octanol–water partition coefficient (Wildman–Crippen LogP) is 2.54. The van der Waals surface area contributed by atoms with E-state index in [-0.39, 0.29) is 29.8 Å². The Morgan fingerprint density at radius 1 is 1.45 bits per heavy atom. The van der Waals surface area contributed by atoms with Gasteiger partial charge in [0.2, 0.25) is 5.91 Å². The van der Waals surface area contributed by atoms with Crippen LogP contribution in [-0.2, 0) is 16.0 Å². The van der Waals surface area contributed by atoms with Gasteiger partial charge in [-0.05, 0) is 51.9 Å². The number of amides is 1. The highest BCUT2D eigenvalue weighted by Gasteiger charge is 2.39. The minimum atomic E-state index is -0.361. The van der Waals surface area contributed by atoms with Gasteiger partial charge < -0.3 is 15.4 Å². The lowest BCUT2D eigenvalue weighted by Crippen LogP contribution is -2.52. The normalized spacial score (nSPS) is 18.3. The van der Waals surface area contributed by atoms with Gasteiger partial charge in [-0.25, -0.2) is 0 Å². The molecule has 0 radical (unpaired) electrons. The molecule has 2 heterocycles. The van der Waals surface area contributed by atoms with Crippen LogP contribution in [0.25, 0.3) is 0 Å². The lowest BCUT2D eigenvalue weighted by molar-refractivity contribution is -0.136. The zero-order valence-electron chi connectivity index (χ0n) is 13.6. The molecule has 1 aromatic rings. The highest BCUT2D eigenvalue weighted by Crippen LogP contribution is 2.29. The summed E-state index contributed by atoms with van der Waals surface area (Å²) in [6, 6.07) is 4.44. The van der Waals surface area contributed by atoms with Gasteiger partial charge in [-0.3, -0.25) is 4.79 Å². The second-order valence-electron chi connectivity index (χ2n) is 6.05. The van der Waals surface area contributed by atoms with Crippen molar-refractivity contribution in [3.63, 3.8) is 0 Å². The average molecular weight is 347 g/mol. The number of thiophene rings is 1. The molecule has 0 saturated carbocycles. The molecule has 1 saturated heterocycles. The molecule has 22 heavy (non-hydrogen) atoms. The summed E-state index contributed by atoms with van der Waals surface area (Å²) in [6.07, 6.45) is 2.58. The van der Waals surface area contributed by atoms with Crippen molar-refractivity contribution in [3.05, 3.63) is 21.9 Å². The molecule has 0 aliphatic carbocycles. The first kappa shape index (κ1) is 19.4. The third-order valence-electron chi connectivity index (χ3n) is 4.14. The molecule has 1 aliphatic rings. The summed E-state index contributed by atoms with van der Waals surface area (Å²) >= 11 is 1.80. The summed E-state index contributed by atoms with van der Waals surface area (Å²) in [6.45, 7) is 6.46. The highest BCUT2D eigenvalue weighted by atomic mass is 35.5. The first-order valence-corrected chi connectivity index (χ1v) is 8.43. The molecular formula is C16H27ClN2O2S. The van der Waals surface area contributed by atoms with Gasteiger partial charge in [0.25, 0.3) is 0 Å². The van der Waals surface area contributed by atoms with Crippen LogP contribution < -0.4 is 10.6 Å². The third kappa shape index (κ3) is 4.95. The number of halogens is 1. The quantitative estimate of drug-likeness (QED) is 0.832. The summed E-state index contributed by atoms with van der Waals surface area (Å²) < 4.78 is 5.32. The predicted molar refractivity (Wildman–Crippen MR) is 94.0 cm³/mol. The van der Waals surface area contributed by atoms with E-state index in [4.69, 9.17) is 4.74 Å². The fraction of sp³-hybridized carbons (Fsp3) is 0.688. The average Bonchev–Trinajstić information content (AvgIpc) is 2.85. The van der Waals surface area contributed by atoms with Gasteiger partial charge in [0.1, 0.15) is 0 Å². The molecule has 4 nitrogen and oxygen atoms in total. The summed E-state index contributed by atoms with van der Waals surface area (Å²) in [7, 11) is 1.68. The molecule has 1 atom stereocenters. The lowest BCUT2D eigenvalue weighted by Gasteiger charge is -2.36. The number of hydrogen-bond acceptors (Lipinski definition) is 4. The van der Waals surface area contributed by atoms with Crippen LogP contribution in [0.5, 0.6) is 0 Å².